The Labute approximate surface area is 227 Å². The lowest BCUT2D eigenvalue weighted by Crippen LogP contribution is -2.46. The number of nitrogens with one attached hydrogen (secondary N) is 2. The fourth-order valence-corrected chi connectivity index (χ4v) is 7.27. The average molecular weight is 537 g/mol. The maximum Gasteiger partial charge on any atom is 0.243 e. The smallest absolute Gasteiger partial charge is 0.243 e. The average Bonchev–Trinajstić information content (AvgIpc) is 2.88. The van der Waals surface area contributed by atoms with E-state index < -0.39 is 10.0 Å². The standard InChI is InChI=1S/C30H40N4O3S/c1-30(2,3)21-32-20-23-13-14-27-24(16-23)9-7-12-28(27)33-29(35)18-25-10-4-5-15-34(25)38(36,37)26-11-6-8-22(17-26)19-31/h6,8,11,13-14,16-17,25,28,32H,4-5,7,9-10,12,15,18,20-21H2,1-3H3,(H,33,35)/t25-,28+/m0/s1. The van der Waals surface area contributed by atoms with Crippen LogP contribution in [0.1, 0.15) is 87.6 Å². The van der Waals surface area contributed by atoms with Crippen LogP contribution in [0.2, 0.25) is 0 Å². The largest absolute Gasteiger partial charge is 0.349 e. The number of piperidine rings is 1. The van der Waals surface area contributed by atoms with Crippen LogP contribution in [0.3, 0.4) is 0 Å². The molecular formula is C30H40N4O3S. The highest BCUT2D eigenvalue weighted by Crippen LogP contribution is 2.32. The third-order valence-corrected chi connectivity index (χ3v) is 9.35. The molecule has 8 heteroatoms. The van der Waals surface area contributed by atoms with Crippen molar-refractivity contribution in [2.45, 2.75) is 89.2 Å². The number of carbonyl (C=O) groups excluding carboxylic acids is 1. The lowest BCUT2D eigenvalue weighted by Gasteiger charge is -2.35. The number of benzene rings is 2. The molecule has 38 heavy (non-hydrogen) atoms. The Morgan fingerprint density at radius 3 is 2.68 bits per heavy atom. The number of fused-ring (bicyclic) bond motifs is 1. The van der Waals surface area contributed by atoms with Gasteiger partial charge in [0, 0.05) is 32.1 Å². The van der Waals surface area contributed by atoms with E-state index in [4.69, 9.17) is 0 Å². The molecule has 0 saturated carbocycles. The summed E-state index contributed by atoms with van der Waals surface area (Å²) in [7, 11) is -3.80. The first kappa shape index (κ1) is 28.3. The molecule has 0 bridgehead atoms. The number of rotatable bonds is 8. The first-order chi connectivity index (χ1) is 18.1. The van der Waals surface area contributed by atoms with Crippen LogP contribution in [-0.4, -0.2) is 37.8 Å². The summed E-state index contributed by atoms with van der Waals surface area (Å²) in [6.07, 6.45) is 5.34. The van der Waals surface area contributed by atoms with Gasteiger partial charge in [0.1, 0.15) is 0 Å². The van der Waals surface area contributed by atoms with Gasteiger partial charge >= 0.3 is 0 Å². The summed E-state index contributed by atoms with van der Waals surface area (Å²) in [4.78, 5) is 13.3. The number of carbonyl (C=O) groups is 1. The minimum absolute atomic E-state index is 0.0520. The number of sulfonamides is 1. The topological polar surface area (TPSA) is 102 Å². The molecule has 1 amide bonds. The molecule has 2 aliphatic rings. The zero-order chi connectivity index (χ0) is 27.3. The van der Waals surface area contributed by atoms with E-state index in [9.17, 15) is 18.5 Å². The van der Waals surface area contributed by atoms with Crippen molar-refractivity contribution in [1.29, 1.82) is 5.26 Å². The zero-order valence-corrected chi connectivity index (χ0v) is 23.6. The molecule has 0 aromatic heterocycles. The van der Waals surface area contributed by atoms with E-state index in [0.29, 0.717) is 18.5 Å². The predicted molar refractivity (Wildman–Crippen MR) is 149 cm³/mol. The van der Waals surface area contributed by atoms with E-state index >= 15 is 0 Å². The van der Waals surface area contributed by atoms with Crippen molar-refractivity contribution in [2.24, 2.45) is 5.41 Å². The lowest BCUT2D eigenvalue weighted by molar-refractivity contribution is -0.123. The van der Waals surface area contributed by atoms with Crippen molar-refractivity contribution in [3.05, 3.63) is 64.7 Å². The van der Waals surface area contributed by atoms with Gasteiger partial charge in [0.2, 0.25) is 15.9 Å². The minimum atomic E-state index is -3.80. The number of nitriles is 1. The summed E-state index contributed by atoms with van der Waals surface area (Å²) in [5, 5.41) is 16.0. The molecule has 1 fully saturated rings. The van der Waals surface area contributed by atoms with Crippen molar-refractivity contribution in [3.63, 3.8) is 0 Å². The second kappa shape index (κ2) is 12.0. The maximum absolute atomic E-state index is 13.4. The Hall–Kier alpha value is -2.73. The van der Waals surface area contributed by atoms with Gasteiger partial charge in [0.05, 0.1) is 22.6 Å². The van der Waals surface area contributed by atoms with E-state index in [2.05, 4.69) is 49.6 Å². The highest BCUT2D eigenvalue weighted by molar-refractivity contribution is 7.89. The number of hydrogen-bond acceptors (Lipinski definition) is 5. The molecule has 0 unspecified atom stereocenters. The minimum Gasteiger partial charge on any atom is -0.349 e. The Morgan fingerprint density at radius 1 is 1.11 bits per heavy atom. The van der Waals surface area contributed by atoms with Crippen LogP contribution >= 0.6 is 0 Å². The molecule has 1 aliphatic carbocycles. The number of nitrogens with zero attached hydrogens (tertiary/aromatic N) is 2. The Kier molecular flexibility index (Phi) is 8.92. The molecule has 0 radical (unpaired) electrons. The Balaban J connectivity index is 1.42. The van der Waals surface area contributed by atoms with Crippen molar-refractivity contribution in [1.82, 2.24) is 14.9 Å². The molecule has 1 aliphatic heterocycles. The van der Waals surface area contributed by atoms with Crippen LogP contribution in [-0.2, 0) is 27.8 Å². The van der Waals surface area contributed by atoms with Gasteiger partial charge in [-0.3, -0.25) is 4.79 Å². The maximum atomic E-state index is 13.4. The van der Waals surface area contributed by atoms with Gasteiger partial charge in [-0.15, -0.1) is 0 Å². The Morgan fingerprint density at radius 2 is 1.92 bits per heavy atom. The molecule has 2 aromatic carbocycles. The van der Waals surface area contributed by atoms with Crippen molar-refractivity contribution in [3.8, 4) is 6.07 Å². The fraction of sp³-hybridized carbons (Fsp3) is 0.533. The normalized spacial score (nSPS) is 20.4. The quantitative estimate of drug-likeness (QED) is 0.504. The van der Waals surface area contributed by atoms with Gasteiger partial charge in [0.25, 0.3) is 0 Å². The number of hydrogen-bond donors (Lipinski definition) is 2. The Bertz CT molecular complexity index is 1290. The summed E-state index contributed by atoms with van der Waals surface area (Å²) in [6.45, 7) is 8.80. The van der Waals surface area contributed by atoms with E-state index in [1.165, 1.54) is 33.1 Å². The van der Waals surface area contributed by atoms with E-state index in [-0.39, 0.29) is 34.7 Å². The first-order valence-electron chi connectivity index (χ1n) is 13.7. The highest BCUT2D eigenvalue weighted by atomic mass is 32.2. The SMILES string of the molecule is CC(C)(C)CNCc1ccc2c(c1)CCC[C@H]2NC(=O)C[C@@H]1CCCCN1S(=O)(=O)c1cccc(C#N)c1. The van der Waals surface area contributed by atoms with Crippen molar-refractivity contribution in [2.75, 3.05) is 13.1 Å². The highest BCUT2D eigenvalue weighted by Gasteiger charge is 2.35. The first-order valence-corrected chi connectivity index (χ1v) is 15.1. The third-order valence-electron chi connectivity index (χ3n) is 7.41. The number of amides is 1. The summed E-state index contributed by atoms with van der Waals surface area (Å²) in [5.74, 6) is -0.114. The predicted octanol–water partition coefficient (Wildman–Crippen LogP) is 4.82. The summed E-state index contributed by atoms with van der Waals surface area (Å²) < 4.78 is 28.4. The second-order valence-corrected chi connectivity index (χ2v) is 13.7. The van der Waals surface area contributed by atoms with Crippen LogP contribution in [0, 0.1) is 16.7 Å². The van der Waals surface area contributed by atoms with E-state index in [1.807, 2.05) is 6.07 Å². The third kappa shape index (κ3) is 7.02. The molecule has 7 nitrogen and oxygen atoms in total. The summed E-state index contributed by atoms with van der Waals surface area (Å²) in [5.41, 5.74) is 4.25. The lowest BCUT2D eigenvalue weighted by atomic mass is 9.86. The van der Waals surface area contributed by atoms with Crippen LogP contribution in [0.15, 0.2) is 47.4 Å². The molecule has 1 heterocycles. The van der Waals surface area contributed by atoms with Crippen molar-refractivity contribution < 1.29 is 13.2 Å². The molecule has 204 valence electrons. The van der Waals surface area contributed by atoms with Crippen LogP contribution in [0.5, 0.6) is 0 Å². The molecule has 1 saturated heterocycles. The molecular weight excluding hydrogens is 496 g/mol. The van der Waals surface area contributed by atoms with E-state index in [0.717, 1.165) is 45.2 Å². The molecule has 2 N–H and O–H groups in total. The van der Waals surface area contributed by atoms with Gasteiger partial charge in [0.15, 0.2) is 0 Å². The van der Waals surface area contributed by atoms with Crippen LogP contribution in [0.25, 0.3) is 0 Å². The van der Waals surface area contributed by atoms with Crippen LogP contribution in [0.4, 0.5) is 0 Å². The molecule has 4 rings (SSSR count). The van der Waals surface area contributed by atoms with Crippen molar-refractivity contribution >= 4 is 15.9 Å². The second-order valence-electron chi connectivity index (χ2n) is 11.8. The number of aryl methyl sites for hydroxylation is 1. The summed E-state index contributed by atoms with van der Waals surface area (Å²) in [6, 6.07) is 14.2. The van der Waals surface area contributed by atoms with Gasteiger partial charge < -0.3 is 10.6 Å². The van der Waals surface area contributed by atoms with Gasteiger partial charge in [-0.05, 0) is 72.4 Å². The van der Waals surface area contributed by atoms with Gasteiger partial charge in [-0.2, -0.15) is 9.57 Å². The molecule has 2 aromatic rings. The monoisotopic (exact) mass is 536 g/mol. The summed E-state index contributed by atoms with van der Waals surface area (Å²) >= 11 is 0. The van der Waals surface area contributed by atoms with Gasteiger partial charge in [-0.25, -0.2) is 8.42 Å². The fourth-order valence-electron chi connectivity index (χ4n) is 5.53. The molecule has 2 atom stereocenters. The van der Waals surface area contributed by atoms with Crippen LogP contribution < -0.4 is 10.6 Å². The zero-order valence-electron chi connectivity index (χ0n) is 22.8. The van der Waals surface area contributed by atoms with Gasteiger partial charge in [-0.1, -0.05) is 51.5 Å². The van der Waals surface area contributed by atoms with E-state index in [1.54, 1.807) is 12.1 Å². The molecule has 0 spiro atoms.